The normalized spacial score (nSPS) is 24.4. The summed E-state index contributed by atoms with van der Waals surface area (Å²) in [6, 6.07) is 1.56. The van der Waals surface area contributed by atoms with Crippen LogP contribution in [0.3, 0.4) is 0 Å². The molecular weight excluding hydrogens is 395 g/mol. The number of sulfonamides is 1. The number of halogens is 3. The summed E-state index contributed by atoms with van der Waals surface area (Å²) in [7, 11) is -3.50. The van der Waals surface area contributed by atoms with Crippen LogP contribution in [0.5, 0.6) is 0 Å². The number of hydrogen-bond donors (Lipinski definition) is 1. The number of nitrogens with zero attached hydrogens (tertiary/aromatic N) is 1. The van der Waals surface area contributed by atoms with E-state index in [4.69, 9.17) is 17.3 Å². The van der Waals surface area contributed by atoms with Gasteiger partial charge in [-0.25, -0.2) is 8.42 Å². The smallest absolute Gasteiger partial charge is 0.245 e. The van der Waals surface area contributed by atoms with Crippen molar-refractivity contribution in [3.05, 3.63) is 14.2 Å². The summed E-state index contributed by atoms with van der Waals surface area (Å²) in [4.78, 5) is 0.183. The standard InChI is InChI=1S/C10H14BrClN2O2S2.ClH/c1-10(5-13)2-3-14(6-10)18(15,16)7-4-8(11)17-9(7)12;/h4H,2-3,5-6,13H2,1H3;1H. The third-order valence-corrected chi connectivity index (χ3v) is 7.23. The van der Waals surface area contributed by atoms with Crippen molar-refractivity contribution in [1.82, 2.24) is 4.31 Å². The Balaban J connectivity index is 0.00000180. The van der Waals surface area contributed by atoms with Crippen molar-refractivity contribution >= 4 is 61.3 Å². The first-order valence-electron chi connectivity index (χ1n) is 5.43. The van der Waals surface area contributed by atoms with E-state index in [0.717, 1.165) is 6.42 Å². The Morgan fingerprint density at radius 2 is 2.26 bits per heavy atom. The molecule has 2 N–H and O–H groups in total. The van der Waals surface area contributed by atoms with Gasteiger partial charge in [-0.3, -0.25) is 0 Å². The predicted octanol–water partition coefficient (Wildman–Crippen LogP) is 2.95. The molecule has 0 saturated carbocycles. The minimum Gasteiger partial charge on any atom is -0.330 e. The summed E-state index contributed by atoms with van der Waals surface area (Å²) in [5.74, 6) is 0. The van der Waals surface area contributed by atoms with Crippen LogP contribution in [0.2, 0.25) is 4.34 Å². The lowest BCUT2D eigenvalue weighted by molar-refractivity contribution is 0.350. The molecule has 0 spiro atoms. The monoisotopic (exact) mass is 408 g/mol. The largest absolute Gasteiger partial charge is 0.330 e. The molecular formula is C10H15BrCl2N2O2S2. The second kappa shape index (κ2) is 6.17. The minimum absolute atomic E-state index is 0. The molecule has 0 aliphatic carbocycles. The van der Waals surface area contributed by atoms with Crippen molar-refractivity contribution in [2.24, 2.45) is 11.1 Å². The van der Waals surface area contributed by atoms with Gasteiger partial charge in [0.05, 0.1) is 3.79 Å². The molecule has 1 unspecified atom stereocenters. The lowest BCUT2D eigenvalue weighted by Gasteiger charge is -2.22. The summed E-state index contributed by atoms with van der Waals surface area (Å²) >= 11 is 10.4. The van der Waals surface area contributed by atoms with Crippen molar-refractivity contribution < 1.29 is 8.42 Å². The molecule has 1 aromatic heterocycles. The first-order chi connectivity index (χ1) is 8.28. The van der Waals surface area contributed by atoms with Crippen LogP contribution >= 0.6 is 51.3 Å². The van der Waals surface area contributed by atoms with E-state index in [1.165, 1.54) is 15.6 Å². The molecule has 9 heteroatoms. The van der Waals surface area contributed by atoms with Crippen molar-refractivity contribution in [2.75, 3.05) is 19.6 Å². The molecule has 1 aromatic rings. The van der Waals surface area contributed by atoms with E-state index in [0.29, 0.717) is 27.8 Å². The highest BCUT2D eigenvalue weighted by atomic mass is 79.9. The molecule has 19 heavy (non-hydrogen) atoms. The summed E-state index contributed by atoms with van der Waals surface area (Å²) in [6.45, 7) is 3.45. The molecule has 0 bridgehead atoms. The first kappa shape index (κ1) is 17.7. The van der Waals surface area contributed by atoms with Crippen molar-refractivity contribution in [3.63, 3.8) is 0 Å². The molecule has 2 rings (SSSR count). The molecule has 1 atom stereocenters. The maximum atomic E-state index is 12.5. The van der Waals surface area contributed by atoms with E-state index >= 15 is 0 Å². The quantitative estimate of drug-likeness (QED) is 0.834. The third-order valence-electron chi connectivity index (χ3n) is 3.26. The van der Waals surface area contributed by atoms with E-state index in [1.54, 1.807) is 6.07 Å². The van der Waals surface area contributed by atoms with Gasteiger partial charge in [0, 0.05) is 13.1 Å². The Morgan fingerprint density at radius 1 is 1.63 bits per heavy atom. The highest BCUT2D eigenvalue weighted by Crippen LogP contribution is 2.39. The van der Waals surface area contributed by atoms with Crippen molar-refractivity contribution in [2.45, 2.75) is 18.2 Å². The molecule has 1 aliphatic rings. The van der Waals surface area contributed by atoms with Crippen LogP contribution in [0, 0.1) is 5.41 Å². The Bertz CT molecular complexity index is 564. The van der Waals surface area contributed by atoms with Gasteiger partial charge in [-0.15, -0.1) is 23.7 Å². The molecule has 1 fully saturated rings. The maximum Gasteiger partial charge on any atom is 0.245 e. The lowest BCUT2D eigenvalue weighted by atomic mass is 9.90. The fraction of sp³-hybridized carbons (Fsp3) is 0.600. The Morgan fingerprint density at radius 3 is 2.68 bits per heavy atom. The SMILES string of the molecule is CC1(CN)CCN(S(=O)(=O)c2cc(Br)sc2Cl)C1.Cl. The average Bonchev–Trinajstić information content (AvgIpc) is 2.84. The van der Waals surface area contributed by atoms with Gasteiger partial charge in [0.25, 0.3) is 0 Å². The Hall–Kier alpha value is 0.630. The molecule has 0 radical (unpaired) electrons. The van der Waals surface area contributed by atoms with Gasteiger partial charge in [0.2, 0.25) is 10.0 Å². The fourth-order valence-corrected chi connectivity index (χ4v) is 6.32. The van der Waals surface area contributed by atoms with E-state index in [-0.39, 0.29) is 22.7 Å². The first-order valence-corrected chi connectivity index (χ1v) is 8.86. The highest BCUT2D eigenvalue weighted by Gasteiger charge is 2.40. The molecule has 1 aliphatic heterocycles. The van der Waals surface area contributed by atoms with E-state index in [9.17, 15) is 8.42 Å². The van der Waals surface area contributed by atoms with Crippen LogP contribution in [-0.4, -0.2) is 32.4 Å². The summed E-state index contributed by atoms with van der Waals surface area (Å²) in [5, 5.41) is 0. The second-order valence-electron chi connectivity index (χ2n) is 4.79. The van der Waals surface area contributed by atoms with Gasteiger partial charge in [-0.1, -0.05) is 18.5 Å². The van der Waals surface area contributed by atoms with Gasteiger partial charge >= 0.3 is 0 Å². The van der Waals surface area contributed by atoms with Gasteiger partial charge in [-0.2, -0.15) is 4.31 Å². The topological polar surface area (TPSA) is 63.4 Å². The number of thiophene rings is 1. The molecule has 1 saturated heterocycles. The average molecular weight is 410 g/mol. The van der Waals surface area contributed by atoms with Crippen LogP contribution < -0.4 is 5.73 Å². The predicted molar refractivity (Wildman–Crippen MR) is 84.8 cm³/mol. The fourth-order valence-electron chi connectivity index (χ4n) is 1.99. The molecule has 0 aromatic carbocycles. The van der Waals surface area contributed by atoms with Gasteiger partial charge in [0.15, 0.2) is 0 Å². The summed E-state index contributed by atoms with van der Waals surface area (Å²) in [6.07, 6.45) is 0.783. The van der Waals surface area contributed by atoms with Crippen LogP contribution in [0.25, 0.3) is 0 Å². The van der Waals surface area contributed by atoms with E-state index in [1.807, 2.05) is 6.92 Å². The maximum absolute atomic E-state index is 12.5. The number of nitrogens with two attached hydrogens (primary N) is 1. The summed E-state index contributed by atoms with van der Waals surface area (Å²) < 4.78 is 27.4. The van der Waals surface area contributed by atoms with E-state index < -0.39 is 10.0 Å². The minimum atomic E-state index is -3.50. The second-order valence-corrected chi connectivity index (χ2v) is 9.73. The van der Waals surface area contributed by atoms with E-state index in [2.05, 4.69) is 15.9 Å². The Labute approximate surface area is 136 Å². The van der Waals surface area contributed by atoms with Crippen LogP contribution in [0.1, 0.15) is 13.3 Å². The van der Waals surface area contributed by atoms with Gasteiger partial charge < -0.3 is 5.73 Å². The molecule has 2 heterocycles. The molecule has 4 nitrogen and oxygen atoms in total. The Kier molecular flexibility index (Phi) is 5.74. The van der Waals surface area contributed by atoms with Crippen LogP contribution in [0.4, 0.5) is 0 Å². The molecule has 110 valence electrons. The molecule has 0 amide bonds. The van der Waals surface area contributed by atoms with Crippen LogP contribution in [-0.2, 0) is 10.0 Å². The van der Waals surface area contributed by atoms with Gasteiger partial charge in [-0.05, 0) is 40.4 Å². The zero-order valence-electron chi connectivity index (χ0n) is 10.2. The van der Waals surface area contributed by atoms with Crippen molar-refractivity contribution in [3.8, 4) is 0 Å². The third kappa shape index (κ3) is 3.45. The lowest BCUT2D eigenvalue weighted by Crippen LogP contribution is -2.34. The van der Waals surface area contributed by atoms with Crippen LogP contribution in [0.15, 0.2) is 14.7 Å². The summed E-state index contributed by atoms with van der Waals surface area (Å²) in [5.41, 5.74) is 5.56. The van der Waals surface area contributed by atoms with Crippen molar-refractivity contribution in [1.29, 1.82) is 0 Å². The number of rotatable bonds is 3. The number of hydrogen-bond acceptors (Lipinski definition) is 4. The zero-order chi connectivity index (χ0) is 13.6. The zero-order valence-corrected chi connectivity index (χ0v) is 15.0. The van der Waals surface area contributed by atoms with Gasteiger partial charge in [0.1, 0.15) is 9.23 Å². The highest BCUT2D eigenvalue weighted by molar-refractivity contribution is 9.11.